The molecule has 24 heavy (non-hydrogen) atoms. The van der Waals surface area contributed by atoms with Crippen LogP contribution >= 0.6 is 0 Å². The van der Waals surface area contributed by atoms with Crippen LogP contribution < -0.4 is 4.72 Å². The first kappa shape index (κ1) is 17.3. The largest absolute Gasteiger partial charge is 0.279 e. The van der Waals surface area contributed by atoms with Crippen LogP contribution in [0.5, 0.6) is 0 Å². The van der Waals surface area contributed by atoms with Crippen LogP contribution in [-0.4, -0.2) is 31.9 Å². The van der Waals surface area contributed by atoms with E-state index in [4.69, 9.17) is 0 Å². The maximum absolute atomic E-state index is 13.0. The molecule has 0 spiro atoms. The summed E-state index contributed by atoms with van der Waals surface area (Å²) < 4.78 is 30.8. The molecule has 3 atom stereocenters. The third-order valence-electron chi connectivity index (χ3n) is 7.51. The molecule has 5 fully saturated rings. The Balaban J connectivity index is 1.48. The summed E-state index contributed by atoms with van der Waals surface area (Å²) in [4.78, 5) is 0. The maximum Gasteiger partial charge on any atom is 0.279 e. The van der Waals surface area contributed by atoms with Crippen LogP contribution in [0.2, 0.25) is 0 Å². The van der Waals surface area contributed by atoms with Crippen LogP contribution in [0.1, 0.15) is 65.7 Å². The van der Waals surface area contributed by atoms with Gasteiger partial charge in [0.05, 0.1) is 0 Å². The summed E-state index contributed by atoms with van der Waals surface area (Å²) in [7, 11) is -3.36. The van der Waals surface area contributed by atoms with E-state index in [1.54, 1.807) is 4.31 Å². The van der Waals surface area contributed by atoms with Crippen LogP contribution in [0.4, 0.5) is 0 Å². The Morgan fingerprint density at radius 2 is 1.38 bits per heavy atom. The lowest BCUT2D eigenvalue weighted by atomic mass is 9.48. The molecule has 0 aromatic carbocycles. The second-order valence-electron chi connectivity index (χ2n) is 9.89. The van der Waals surface area contributed by atoms with Crippen LogP contribution in [0.25, 0.3) is 0 Å². The zero-order valence-electron chi connectivity index (χ0n) is 15.5. The van der Waals surface area contributed by atoms with Gasteiger partial charge in [-0.1, -0.05) is 13.8 Å². The summed E-state index contributed by atoms with van der Waals surface area (Å²) in [5.41, 5.74) is 0.231. The molecule has 0 radical (unpaired) electrons. The SMILES string of the molecule is CC1CC(C)CN(S(=O)(=O)NC(C)C23CC4CC(CC(C4)C2)C3)C1. The van der Waals surface area contributed by atoms with Crippen molar-refractivity contribution in [2.24, 2.45) is 35.0 Å². The Morgan fingerprint density at radius 1 is 0.917 bits per heavy atom. The summed E-state index contributed by atoms with van der Waals surface area (Å²) in [6.45, 7) is 7.82. The van der Waals surface area contributed by atoms with Gasteiger partial charge in [0.2, 0.25) is 0 Å². The molecule has 5 aliphatic rings. The molecule has 4 saturated carbocycles. The summed E-state index contributed by atoms with van der Waals surface area (Å²) in [5, 5.41) is 0. The van der Waals surface area contributed by atoms with E-state index in [0.717, 1.165) is 24.2 Å². The van der Waals surface area contributed by atoms with Crippen LogP contribution in [-0.2, 0) is 10.2 Å². The minimum absolute atomic E-state index is 0.0726. The van der Waals surface area contributed by atoms with Crippen molar-refractivity contribution >= 4 is 10.2 Å². The Labute approximate surface area is 147 Å². The average Bonchev–Trinajstić information content (AvgIpc) is 2.44. The number of nitrogens with one attached hydrogen (secondary N) is 1. The Kier molecular flexibility index (Phi) is 4.29. The minimum Gasteiger partial charge on any atom is -0.199 e. The van der Waals surface area contributed by atoms with Crippen molar-refractivity contribution in [3.05, 3.63) is 0 Å². The normalized spacial score (nSPS) is 47.0. The highest BCUT2D eigenvalue weighted by atomic mass is 32.2. The zero-order chi connectivity index (χ0) is 17.1. The number of rotatable bonds is 4. The number of hydrogen-bond donors (Lipinski definition) is 1. The Bertz CT molecular complexity index is 543. The summed E-state index contributed by atoms with van der Waals surface area (Å²) in [5.74, 6) is 3.50. The van der Waals surface area contributed by atoms with Crippen LogP contribution in [0.3, 0.4) is 0 Å². The highest BCUT2D eigenvalue weighted by Crippen LogP contribution is 2.61. The minimum atomic E-state index is -3.36. The molecule has 4 aliphatic carbocycles. The lowest BCUT2D eigenvalue weighted by molar-refractivity contribution is -0.0668. The highest BCUT2D eigenvalue weighted by molar-refractivity contribution is 7.87. The molecule has 5 heteroatoms. The van der Waals surface area contributed by atoms with Crippen molar-refractivity contribution in [1.29, 1.82) is 0 Å². The van der Waals surface area contributed by atoms with Crippen LogP contribution in [0, 0.1) is 35.0 Å². The molecule has 1 saturated heterocycles. The molecule has 1 aliphatic heterocycles. The first-order valence-corrected chi connectivity index (χ1v) is 11.5. The van der Waals surface area contributed by atoms with Crippen LogP contribution in [0.15, 0.2) is 0 Å². The van der Waals surface area contributed by atoms with E-state index in [1.807, 2.05) is 0 Å². The molecule has 1 heterocycles. The quantitative estimate of drug-likeness (QED) is 0.841. The van der Waals surface area contributed by atoms with Gasteiger partial charge in [-0.3, -0.25) is 0 Å². The predicted molar refractivity (Wildman–Crippen MR) is 96.6 cm³/mol. The van der Waals surface area contributed by atoms with Gasteiger partial charge in [0.25, 0.3) is 10.2 Å². The third kappa shape index (κ3) is 3.05. The topological polar surface area (TPSA) is 49.4 Å². The van der Waals surface area contributed by atoms with E-state index in [2.05, 4.69) is 25.5 Å². The smallest absolute Gasteiger partial charge is 0.199 e. The molecule has 5 rings (SSSR count). The molecule has 0 aromatic heterocycles. The Morgan fingerprint density at radius 3 is 1.83 bits per heavy atom. The number of piperidine rings is 1. The van der Waals surface area contributed by atoms with Crippen molar-refractivity contribution < 1.29 is 8.42 Å². The van der Waals surface area contributed by atoms with Crippen molar-refractivity contribution in [3.8, 4) is 0 Å². The molecule has 1 N–H and O–H groups in total. The van der Waals surface area contributed by atoms with E-state index in [1.165, 1.54) is 38.5 Å². The number of hydrogen-bond acceptors (Lipinski definition) is 2. The van der Waals surface area contributed by atoms with E-state index >= 15 is 0 Å². The second kappa shape index (κ2) is 5.95. The van der Waals surface area contributed by atoms with Gasteiger partial charge in [0.15, 0.2) is 0 Å². The fourth-order valence-corrected chi connectivity index (χ4v) is 8.68. The third-order valence-corrected chi connectivity index (χ3v) is 9.13. The van der Waals surface area contributed by atoms with E-state index in [9.17, 15) is 8.42 Å². The van der Waals surface area contributed by atoms with Gasteiger partial charge < -0.3 is 0 Å². The summed E-state index contributed by atoms with van der Waals surface area (Å²) in [6.07, 6.45) is 9.08. The molecule has 3 unspecified atom stereocenters. The molecular weight excluding hydrogens is 320 g/mol. The molecular formula is C19H34N2O2S. The van der Waals surface area contributed by atoms with Crippen molar-refractivity contribution in [2.45, 2.75) is 71.8 Å². The van der Waals surface area contributed by atoms with E-state index < -0.39 is 10.2 Å². The lowest BCUT2D eigenvalue weighted by Crippen LogP contribution is -2.58. The first-order chi connectivity index (χ1) is 11.3. The standard InChI is InChI=1S/C19H34N2O2S/c1-13-4-14(2)12-21(11-13)24(22,23)20-15(3)19-8-16-5-17(9-19)7-18(6-16)10-19/h13-18,20H,4-12H2,1-3H3. The fraction of sp³-hybridized carbons (Fsp3) is 1.00. The van der Waals surface area contributed by atoms with E-state index in [-0.39, 0.29) is 11.5 Å². The molecule has 4 bridgehead atoms. The second-order valence-corrected chi connectivity index (χ2v) is 11.6. The molecule has 4 nitrogen and oxygen atoms in total. The monoisotopic (exact) mass is 354 g/mol. The zero-order valence-corrected chi connectivity index (χ0v) is 16.3. The molecule has 0 amide bonds. The van der Waals surface area contributed by atoms with Gasteiger partial charge in [-0.05, 0) is 86.9 Å². The number of nitrogens with zero attached hydrogens (tertiary/aromatic N) is 1. The highest BCUT2D eigenvalue weighted by Gasteiger charge is 2.53. The first-order valence-electron chi connectivity index (χ1n) is 10.0. The molecule has 0 aromatic rings. The summed E-state index contributed by atoms with van der Waals surface area (Å²) in [6, 6.07) is 0.0726. The molecule has 138 valence electrons. The van der Waals surface area contributed by atoms with Crippen molar-refractivity contribution in [2.75, 3.05) is 13.1 Å². The van der Waals surface area contributed by atoms with Gasteiger partial charge in [-0.15, -0.1) is 0 Å². The fourth-order valence-electron chi connectivity index (χ4n) is 6.93. The van der Waals surface area contributed by atoms with Crippen molar-refractivity contribution in [3.63, 3.8) is 0 Å². The van der Waals surface area contributed by atoms with Gasteiger partial charge in [-0.2, -0.15) is 17.4 Å². The maximum atomic E-state index is 13.0. The van der Waals surface area contributed by atoms with Gasteiger partial charge in [-0.25, -0.2) is 0 Å². The van der Waals surface area contributed by atoms with Gasteiger partial charge in [0.1, 0.15) is 0 Å². The summed E-state index contributed by atoms with van der Waals surface area (Å²) >= 11 is 0. The Hall–Kier alpha value is -0.130. The van der Waals surface area contributed by atoms with E-state index in [0.29, 0.717) is 24.9 Å². The average molecular weight is 355 g/mol. The van der Waals surface area contributed by atoms with Crippen molar-refractivity contribution in [1.82, 2.24) is 9.03 Å². The lowest BCUT2D eigenvalue weighted by Gasteiger charge is -2.59. The predicted octanol–water partition coefficient (Wildman–Crippen LogP) is 3.40. The van der Waals surface area contributed by atoms with Gasteiger partial charge in [0, 0.05) is 19.1 Å². The van der Waals surface area contributed by atoms with Gasteiger partial charge >= 0.3 is 0 Å².